The Morgan fingerprint density at radius 2 is 2.05 bits per heavy atom. The molecule has 1 amide bonds. The Hall–Kier alpha value is -1.90. The molecule has 1 aromatic carbocycles. The highest BCUT2D eigenvalue weighted by Crippen LogP contribution is 2.19. The van der Waals surface area contributed by atoms with Crippen molar-refractivity contribution in [2.24, 2.45) is 0 Å². The van der Waals surface area contributed by atoms with Crippen LogP contribution in [0.5, 0.6) is 0 Å². The maximum absolute atomic E-state index is 12.8. The van der Waals surface area contributed by atoms with Gasteiger partial charge in [-0.25, -0.2) is 0 Å². The largest absolute Gasteiger partial charge is 0.393 e. The number of benzene rings is 1. The van der Waals surface area contributed by atoms with Gasteiger partial charge in [0.25, 0.3) is 0 Å². The SMILES string of the molecule is CC(C(=O)N(CCC#N)c1ccccc1)N1CCC(O)CC1. The van der Waals surface area contributed by atoms with E-state index in [0.717, 1.165) is 18.8 Å². The number of carbonyl (C=O) groups excluding carboxylic acids is 1. The maximum Gasteiger partial charge on any atom is 0.244 e. The Balaban J connectivity index is 2.09. The van der Waals surface area contributed by atoms with Crippen LogP contribution in [0.3, 0.4) is 0 Å². The molecule has 22 heavy (non-hydrogen) atoms. The molecule has 0 radical (unpaired) electrons. The molecule has 0 saturated carbocycles. The zero-order valence-electron chi connectivity index (χ0n) is 13.0. The number of aliphatic hydroxyl groups is 1. The molecule has 0 aliphatic carbocycles. The number of nitriles is 1. The van der Waals surface area contributed by atoms with Crippen LogP contribution in [0.1, 0.15) is 26.2 Å². The molecule has 118 valence electrons. The van der Waals surface area contributed by atoms with Gasteiger partial charge in [-0.05, 0) is 31.9 Å². The van der Waals surface area contributed by atoms with Gasteiger partial charge in [0, 0.05) is 25.3 Å². The number of carbonyl (C=O) groups is 1. The van der Waals surface area contributed by atoms with Gasteiger partial charge in [0.15, 0.2) is 0 Å². The number of likely N-dealkylation sites (tertiary alicyclic amines) is 1. The molecule has 1 aromatic rings. The number of hydrogen-bond acceptors (Lipinski definition) is 4. The van der Waals surface area contributed by atoms with Crippen LogP contribution in [0.15, 0.2) is 30.3 Å². The third-order valence-corrected chi connectivity index (χ3v) is 4.19. The molecule has 1 heterocycles. The summed E-state index contributed by atoms with van der Waals surface area (Å²) >= 11 is 0. The molecule has 0 aromatic heterocycles. The van der Waals surface area contributed by atoms with Crippen molar-refractivity contribution < 1.29 is 9.90 Å². The van der Waals surface area contributed by atoms with E-state index in [2.05, 4.69) is 11.0 Å². The van der Waals surface area contributed by atoms with E-state index in [1.54, 1.807) is 4.90 Å². The lowest BCUT2D eigenvalue weighted by Gasteiger charge is -2.36. The lowest BCUT2D eigenvalue weighted by Crippen LogP contribution is -2.50. The van der Waals surface area contributed by atoms with Gasteiger partial charge in [0.1, 0.15) is 0 Å². The lowest BCUT2D eigenvalue weighted by atomic mass is 10.1. The number of amides is 1. The first-order valence-corrected chi connectivity index (χ1v) is 7.79. The second-order valence-corrected chi connectivity index (χ2v) is 5.68. The fourth-order valence-electron chi connectivity index (χ4n) is 2.79. The van der Waals surface area contributed by atoms with E-state index in [4.69, 9.17) is 5.26 Å². The number of rotatable bonds is 5. The first-order chi connectivity index (χ1) is 10.6. The van der Waals surface area contributed by atoms with E-state index in [-0.39, 0.29) is 18.1 Å². The summed E-state index contributed by atoms with van der Waals surface area (Å²) < 4.78 is 0. The third kappa shape index (κ3) is 4.06. The zero-order valence-corrected chi connectivity index (χ0v) is 13.0. The summed E-state index contributed by atoms with van der Waals surface area (Å²) in [6.07, 6.45) is 1.48. The lowest BCUT2D eigenvalue weighted by molar-refractivity contribution is -0.124. The molecule has 1 atom stereocenters. The van der Waals surface area contributed by atoms with Crippen LogP contribution in [0.4, 0.5) is 5.69 Å². The summed E-state index contributed by atoms with van der Waals surface area (Å²) in [4.78, 5) is 16.6. The molecule has 1 aliphatic rings. The Labute approximate surface area is 131 Å². The van der Waals surface area contributed by atoms with Crippen LogP contribution in [0.25, 0.3) is 0 Å². The van der Waals surface area contributed by atoms with E-state index in [1.807, 2.05) is 37.3 Å². The van der Waals surface area contributed by atoms with Crippen molar-refractivity contribution in [3.05, 3.63) is 30.3 Å². The number of para-hydroxylation sites is 1. The number of aliphatic hydroxyl groups excluding tert-OH is 1. The average Bonchev–Trinajstić information content (AvgIpc) is 2.56. The maximum atomic E-state index is 12.8. The Morgan fingerprint density at radius 1 is 1.41 bits per heavy atom. The Bertz CT molecular complexity index is 518. The molecular formula is C17H23N3O2. The van der Waals surface area contributed by atoms with Gasteiger partial charge in [0.05, 0.1) is 24.6 Å². The van der Waals surface area contributed by atoms with Crippen molar-refractivity contribution in [1.82, 2.24) is 4.90 Å². The minimum Gasteiger partial charge on any atom is -0.393 e. The van der Waals surface area contributed by atoms with Gasteiger partial charge < -0.3 is 10.0 Å². The molecule has 1 aliphatic heterocycles. The molecule has 5 nitrogen and oxygen atoms in total. The van der Waals surface area contributed by atoms with E-state index in [0.29, 0.717) is 25.8 Å². The summed E-state index contributed by atoms with van der Waals surface area (Å²) in [5.74, 6) is 0.0119. The summed E-state index contributed by atoms with van der Waals surface area (Å²) in [6, 6.07) is 11.3. The van der Waals surface area contributed by atoms with Gasteiger partial charge in [-0.2, -0.15) is 5.26 Å². The van der Waals surface area contributed by atoms with Crippen molar-refractivity contribution in [3.8, 4) is 6.07 Å². The summed E-state index contributed by atoms with van der Waals surface area (Å²) in [5, 5.41) is 18.4. The molecule has 1 saturated heterocycles. The van der Waals surface area contributed by atoms with E-state index in [1.165, 1.54) is 0 Å². The Kier molecular flexibility index (Phi) is 5.93. The molecule has 5 heteroatoms. The molecule has 2 rings (SSSR count). The molecule has 1 fully saturated rings. The Morgan fingerprint density at radius 3 is 2.64 bits per heavy atom. The number of nitrogens with zero attached hydrogens (tertiary/aromatic N) is 3. The fourth-order valence-corrected chi connectivity index (χ4v) is 2.79. The van der Waals surface area contributed by atoms with E-state index in [9.17, 15) is 9.90 Å². The van der Waals surface area contributed by atoms with Gasteiger partial charge in [0.2, 0.25) is 5.91 Å². The van der Waals surface area contributed by atoms with Gasteiger partial charge in [-0.1, -0.05) is 18.2 Å². The summed E-state index contributed by atoms with van der Waals surface area (Å²) in [6.45, 7) is 3.77. The first kappa shape index (κ1) is 16.5. The minimum atomic E-state index is -0.248. The van der Waals surface area contributed by atoms with Crippen LogP contribution in [-0.4, -0.2) is 47.7 Å². The number of hydrogen-bond donors (Lipinski definition) is 1. The second kappa shape index (κ2) is 7.92. The summed E-state index contributed by atoms with van der Waals surface area (Å²) in [5.41, 5.74) is 0.826. The van der Waals surface area contributed by atoms with E-state index >= 15 is 0 Å². The van der Waals surface area contributed by atoms with Gasteiger partial charge in [-0.15, -0.1) is 0 Å². The fraction of sp³-hybridized carbons (Fsp3) is 0.529. The van der Waals surface area contributed by atoms with Gasteiger partial charge >= 0.3 is 0 Å². The van der Waals surface area contributed by atoms with Crippen LogP contribution in [-0.2, 0) is 4.79 Å². The van der Waals surface area contributed by atoms with Crippen molar-refractivity contribution in [2.75, 3.05) is 24.5 Å². The average molecular weight is 301 g/mol. The molecular weight excluding hydrogens is 278 g/mol. The number of piperidine rings is 1. The molecule has 1 N–H and O–H groups in total. The molecule has 1 unspecified atom stereocenters. The smallest absolute Gasteiger partial charge is 0.244 e. The highest BCUT2D eigenvalue weighted by molar-refractivity contribution is 5.96. The predicted octanol–water partition coefficient (Wildman–Crippen LogP) is 1.78. The highest BCUT2D eigenvalue weighted by Gasteiger charge is 2.29. The topological polar surface area (TPSA) is 67.6 Å². The molecule has 0 bridgehead atoms. The quantitative estimate of drug-likeness (QED) is 0.900. The second-order valence-electron chi connectivity index (χ2n) is 5.68. The van der Waals surface area contributed by atoms with Gasteiger partial charge in [-0.3, -0.25) is 9.69 Å². The normalized spacial score (nSPS) is 17.7. The van der Waals surface area contributed by atoms with Crippen molar-refractivity contribution >= 4 is 11.6 Å². The predicted molar refractivity (Wildman–Crippen MR) is 85.3 cm³/mol. The van der Waals surface area contributed by atoms with Crippen LogP contribution >= 0.6 is 0 Å². The minimum absolute atomic E-state index is 0.0119. The van der Waals surface area contributed by atoms with Crippen LogP contribution in [0.2, 0.25) is 0 Å². The van der Waals surface area contributed by atoms with Crippen molar-refractivity contribution in [2.45, 2.75) is 38.3 Å². The summed E-state index contributed by atoms with van der Waals surface area (Å²) in [7, 11) is 0. The zero-order chi connectivity index (χ0) is 15.9. The van der Waals surface area contributed by atoms with Crippen LogP contribution in [0, 0.1) is 11.3 Å². The first-order valence-electron chi connectivity index (χ1n) is 7.79. The van der Waals surface area contributed by atoms with E-state index < -0.39 is 0 Å². The third-order valence-electron chi connectivity index (χ3n) is 4.19. The molecule has 0 spiro atoms. The number of anilines is 1. The standard InChI is InChI=1S/C17H23N3O2/c1-14(19-12-8-16(21)9-13-19)17(22)20(11-5-10-18)15-6-3-2-4-7-15/h2-4,6-7,14,16,21H,5,8-9,11-13H2,1H3. The monoisotopic (exact) mass is 301 g/mol. The van der Waals surface area contributed by atoms with Crippen molar-refractivity contribution in [1.29, 1.82) is 5.26 Å². The van der Waals surface area contributed by atoms with Crippen LogP contribution < -0.4 is 4.90 Å². The highest BCUT2D eigenvalue weighted by atomic mass is 16.3. The van der Waals surface area contributed by atoms with Crippen molar-refractivity contribution in [3.63, 3.8) is 0 Å².